The topological polar surface area (TPSA) is 80.9 Å². The number of hydrogen-bond acceptors (Lipinski definition) is 5. The number of carbonyl (C=O) groups excluding carboxylic acids is 1. The molecular weight excluding hydrogens is 330 g/mol. The molecule has 0 saturated heterocycles. The number of rotatable bonds is 5. The van der Waals surface area contributed by atoms with Crippen LogP contribution in [-0.2, 0) is 9.53 Å². The molecule has 130 valence electrons. The fourth-order valence-electron chi connectivity index (χ4n) is 2.05. The van der Waals surface area contributed by atoms with Crippen molar-refractivity contribution in [2.75, 3.05) is 26.9 Å². The molecule has 3 N–H and O–H groups in total. The highest BCUT2D eigenvalue weighted by atomic mass is 32.1. The maximum absolute atomic E-state index is 11.8. The molecule has 0 fully saturated rings. The lowest BCUT2D eigenvalue weighted by atomic mass is 10.2. The lowest BCUT2D eigenvalue weighted by molar-refractivity contribution is -0.116. The van der Waals surface area contributed by atoms with Crippen LogP contribution in [0.5, 0.6) is 11.5 Å². The van der Waals surface area contributed by atoms with Crippen molar-refractivity contribution in [2.24, 2.45) is 0 Å². The molecule has 0 bridgehead atoms. The fraction of sp³-hybridized carbons (Fsp3) is 0.375. The van der Waals surface area contributed by atoms with Gasteiger partial charge in [-0.25, -0.2) is 0 Å². The van der Waals surface area contributed by atoms with E-state index in [1.54, 1.807) is 13.2 Å². The maximum Gasteiger partial charge on any atom is 0.262 e. The van der Waals surface area contributed by atoms with Crippen LogP contribution in [0.25, 0.3) is 6.08 Å². The van der Waals surface area contributed by atoms with Crippen LogP contribution in [0.15, 0.2) is 24.3 Å². The number of thiocarbonyl (C=S) groups is 1. The van der Waals surface area contributed by atoms with Crippen molar-refractivity contribution in [3.8, 4) is 11.5 Å². The first-order chi connectivity index (χ1) is 11.6. The summed E-state index contributed by atoms with van der Waals surface area (Å²) in [6.07, 6.45) is 3.08. The number of methoxy groups -OCH3 is 1. The van der Waals surface area contributed by atoms with Crippen LogP contribution < -0.4 is 25.6 Å². The van der Waals surface area contributed by atoms with Crippen molar-refractivity contribution in [1.29, 1.82) is 0 Å². The summed E-state index contributed by atoms with van der Waals surface area (Å²) in [5.41, 5.74) is 5.95. The van der Waals surface area contributed by atoms with Crippen LogP contribution in [0.4, 0.5) is 0 Å². The normalized spacial score (nSPS) is 14.1. The molecule has 1 aromatic rings. The highest BCUT2D eigenvalue weighted by molar-refractivity contribution is 7.80. The quantitative estimate of drug-likeness (QED) is 0.415. The average Bonchev–Trinajstić information content (AvgIpc) is 2.58. The summed E-state index contributed by atoms with van der Waals surface area (Å²) in [6, 6.07) is 5.54. The molecule has 0 spiro atoms. The summed E-state index contributed by atoms with van der Waals surface area (Å²) >= 11 is 5.06. The number of benzene rings is 1. The van der Waals surface area contributed by atoms with Gasteiger partial charge in [0.2, 0.25) is 0 Å². The van der Waals surface area contributed by atoms with Crippen LogP contribution >= 0.6 is 12.2 Å². The number of amides is 1. The fourth-order valence-corrected chi connectivity index (χ4v) is 2.30. The molecule has 2 rings (SSSR count). The van der Waals surface area contributed by atoms with E-state index in [9.17, 15) is 4.79 Å². The van der Waals surface area contributed by atoms with E-state index in [2.05, 4.69) is 16.2 Å². The minimum atomic E-state index is -0.326. The maximum atomic E-state index is 11.8. The van der Waals surface area contributed by atoms with Gasteiger partial charge in [-0.05, 0) is 42.9 Å². The molecule has 1 amide bonds. The highest BCUT2D eigenvalue weighted by Gasteiger charge is 2.10. The average molecular weight is 351 g/mol. The molecule has 0 aromatic heterocycles. The van der Waals surface area contributed by atoms with Crippen LogP contribution in [-0.4, -0.2) is 44.0 Å². The van der Waals surface area contributed by atoms with Gasteiger partial charge < -0.3 is 19.5 Å². The third-order valence-corrected chi connectivity index (χ3v) is 3.31. The van der Waals surface area contributed by atoms with Gasteiger partial charge in [0.1, 0.15) is 13.2 Å². The summed E-state index contributed by atoms with van der Waals surface area (Å²) in [4.78, 5) is 11.8. The van der Waals surface area contributed by atoms with Crippen molar-refractivity contribution in [3.63, 3.8) is 0 Å². The largest absolute Gasteiger partial charge is 0.486 e. The molecule has 0 unspecified atom stereocenters. The van der Waals surface area contributed by atoms with Gasteiger partial charge >= 0.3 is 0 Å². The van der Waals surface area contributed by atoms with E-state index < -0.39 is 0 Å². The second kappa shape index (κ2) is 9.09. The Bertz CT molecular complexity index is 621. The van der Waals surface area contributed by atoms with Crippen LogP contribution in [0.2, 0.25) is 0 Å². The molecule has 0 saturated carbocycles. The smallest absolute Gasteiger partial charge is 0.262 e. The standard InChI is InChI=1S/C16H21N3O4S/c1-11(10-21-2)17-16(24)19-18-15(20)6-4-12-3-5-13-14(9-12)23-8-7-22-13/h3-6,9,11H,7-8,10H2,1-2H3,(H,18,20)(H2,17,19,24)/b6-4+/t11-/m1/s1. The highest BCUT2D eigenvalue weighted by Crippen LogP contribution is 2.30. The molecule has 1 aliphatic heterocycles. The molecule has 24 heavy (non-hydrogen) atoms. The Morgan fingerprint density at radius 2 is 2.08 bits per heavy atom. The van der Waals surface area contributed by atoms with E-state index in [1.807, 2.05) is 25.1 Å². The lowest BCUT2D eigenvalue weighted by Gasteiger charge is -2.18. The molecular formula is C16H21N3O4S. The number of nitrogens with one attached hydrogen (secondary N) is 3. The number of hydrazine groups is 1. The van der Waals surface area contributed by atoms with Gasteiger partial charge in [0, 0.05) is 19.2 Å². The van der Waals surface area contributed by atoms with Gasteiger partial charge in [0.25, 0.3) is 5.91 Å². The molecule has 0 radical (unpaired) electrons. The van der Waals surface area contributed by atoms with E-state index in [-0.39, 0.29) is 11.9 Å². The van der Waals surface area contributed by atoms with E-state index in [4.69, 9.17) is 26.4 Å². The molecule has 0 aliphatic carbocycles. The Labute approximate surface area is 146 Å². The Morgan fingerprint density at radius 1 is 1.33 bits per heavy atom. The summed E-state index contributed by atoms with van der Waals surface area (Å²) in [6.45, 7) is 3.50. The van der Waals surface area contributed by atoms with Gasteiger partial charge in [0.05, 0.1) is 6.61 Å². The third-order valence-electron chi connectivity index (χ3n) is 3.09. The zero-order valence-electron chi connectivity index (χ0n) is 13.6. The van der Waals surface area contributed by atoms with Gasteiger partial charge in [0.15, 0.2) is 16.6 Å². The second-order valence-electron chi connectivity index (χ2n) is 5.18. The number of ether oxygens (including phenoxy) is 3. The van der Waals surface area contributed by atoms with Gasteiger partial charge in [-0.2, -0.15) is 0 Å². The van der Waals surface area contributed by atoms with Crippen molar-refractivity contribution in [1.82, 2.24) is 16.2 Å². The van der Waals surface area contributed by atoms with E-state index in [0.717, 1.165) is 5.56 Å². The first kappa shape index (κ1) is 18.0. The third kappa shape index (κ3) is 5.71. The number of carbonyl (C=O) groups is 1. The predicted molar refractivity (Wildman–Crippen MR) is 94.8 cm³/mol. The molecule has 1 aromatic carbocycles. The van der Waals surface area contributed by atoms with Crippen LogP contribution in [0.3, 0.4) is 0 Å². The lowest BCUT2D eigenvalue weighted by Crippen LogP contribution is -2.49. The minimum absolute atomic E-state index is 0.0418. The number of hydrogen-bond donors (Lipinski definition) is 3. The van der Waals surface area contributed by atoms with Crippen LogP contribution in [0.1, 0.15) is 12.5 Å². The van der Waals surface area contributed by atoms with E-state index in [1.165, 1.54) is 6.08 Å². The number of fused-ring (bicyclic) bond motifs is 1. The first-order valence-corrected chi connectivity index (χ1v) is 7.92. The van der Waals surface area contributed by atoms with Crippen molar-refractivity contribution in [3.05, 3.63) is 29.8 Å². The van der Waals surface area contributed by atoms with Crippen molar-refractivity contribution >= 4 is 29.3 Å². The second-order valence-corrected chi connectivity index (χ2v) is 5.59. The molecule has 1 aliphatic rings. The van der Waals surface area contributed by atoms with Crippen molar-refractivity contribution in [2.45, 2.75) is 13.0 Å². The van der Waals surface area contributed by atoms with Crippen molar-refractivity contribution < 1.29 is 19.0 Å². The first-order valence-electron chi connectivity index (χ1n) is 7.51. The molecule has 7 nitrogen and oxygen atoms in total. The Kier molecular flexibility index (Phi) is 6.83. The van der Waals surface area contributed by atoms with Crippen LogP contribution in [0, 0.1) is 0 Å². The Balaban J connectivity index is 1.79. The zero-order valence-corrected chi connectivity index (χ0v) is 14.4. The van der Waals surface area contributed by atoms with Gasteiger partial charge in [-0.3, -0.25) is 15.6 Å². The molecule has 1 atom stereocenters. The van der Waals surface area contributed by atoms with Gasteiger partial charge in [-0.1, -0.05) is 6.07 Å². The monoisotopic (exact) mass is 351 g/mol. The minimum Gasteiger partial charge on any atom is -0.486 e. The predicted octanol–water partition coefficient (Wildman–Crippen LogP) is 1.00. The molecule has 1 heterocycles. The Morgan fingerprint density at radius 3 is 2.83 bits per heavy atom. The molecule has 8 heteroatoms. The summed E-state index contributed by atoms with van der Waals surface area (Å²) in [7, 11) is 1.61. The summed E-state index contributed by atoms with van der Waals surface area (Å²) in [5, 5.41) is 3.29. The Hall–Kier alpha value is -2.32. The SMILES string of the molecule is COC[C@@H](C)NC(=S)NNC(=O)/C=C/c1ccc2c(c1)OCCO2. The zero-order chi connectivity index (χ0) is 17.4. The van der Waals surface area contributed by atoms with Gasteiger partial charge in [-0.15, -0.1) is 0 Å². The summed E-state index contributed by atoms with van der Waals surface area (Å²) in [5.74, 6) is 1.07. The van der Waals surface area contributed by atoms with E-state index >= 15 is 0 Å². The summed E-state index contributed by atoms with van der Waals surface area (Å²) < 4.78 is 15.9. The van der Waals surface area contributed by atoms with E-state index in [0.29, 0.717) is 36.4 Å².